The van der Waals surface area contributed by atoms with Gasteiger partial charge in [0.05, 0.1) is 12.1 Å². The van der Waals surface area contributed by atoms with Crippen molar-refractivity contribution in [2.45, 2.75) is 62.7 Å². The Morgan fingerprint density at radius 1 is 0.784 bits per heavy atom. The van der Waals surface area contributed by atoms with Crippen molar-refractivity contribution in [3.63, 3.8) is 0 Å². The van der Waals surface area contributed by atoms with Crippen molar-refractivity contribution in [2.24, 2.45) is 0 Å². The summed E-state index contributed by atoms with van der Waals surface area (Å²) >= 11 is 1.98. The molecule has 0 aromatic heterocycles. The topological polar surface area (TPSA) is 49.9 Å². The summed E-state index contributed by atoms with van der Waals surface area (Å²) in [4.78, 5) is 30.1. The van der Waals surface area contributed by atoms with Gasteiger partial charge < -0.3 is 14.5 Å². The van der Waals surface area contributed by atoms with E-state index in [1.165, 1.54) is 5.56 Å². The number of esters is 1. The second kappa shape index (κ2) is 12.3. The molecular formula is C31H34N2O3S. The molecule has 0 bridgehead atoms. The summed E-state index contributed by atoms with van der Waals surface area (Å²) in [7, 11) is 0. The van der Waals surface area contributed by atoms with Crippen LogP contribution in [0.15, 0.2) is 91.0 Å². The molecule has 3 aromatic carbocycles. The Morgan fingerprint density at radius 3 is 1.97 bits per heavy atom. The maximum atomic E-state index is 13.7. The molecule has 2 aliphatic rings. The van der Waals surface area contributed by atoms with Crippen molar-refractivity contribution < 1.29 is 14.3 Å². The van der Waals surface area contributed by atoms with E-state index >= 15 is 0 Å². The first-order chi connectivity index (χ1) is 18.2. The van der Waals surface area contributed by atoms with Gasteiger partial charge in [-0.05, 0) is 29.5 Å². The van der Waals surface area contributed by atoms with E-state index in [-0.39, 0.29) is 24.1 Å². The molecule has 6 heteroatoms. The summed E-state index contributed by atoms with van der Waals surface area (Å²) in [5.74, 6) is 0.815. The van der Waals surface area contributed by atoms with Crippen LogP contribution in [0.4, 0.5) is 4.79 Å². The summed E-state index contributed by atoms with van der Waals surface area (Å²) in [6.07, 6.45) is 3.19. The van der Waals surface area contributed by atoms with Crippen molar-refractivity contribution in [1.29, 1.82) is 0 Å². The molecule has 5 nitrogen and oxygen atoms in total. The summed E-state index contributed by atoms with van der Waals surface area (Å²) in [6.45, 7) is 1.61. The molecule has 3 atom stereocenters. The van der Waals surface area contributed by atoms with E-state index in [2.05, 4.69) is 34.1 Å². The minimum atomic E-state index is -0.142. The van der Waals surface area contributed by atoms with Crippen molar-refractivity contribution in [3.05, 3.63) is 108 Å². The third-order valence-electron chi connectivity index (χ3n) is 7.26. The fourth-order valence-corrected chi connectivity index (χ4v) is 7.06. The Balaban J connectivity index is 1.18. The van der Waals surface area contributed by atoms with Gasteiger partial charge in [0.1, 0.15) is 6.61 Å². The minimum absolute atomic E-state index is 0.137. The standard InChI is InChI=1S/C31H34N2O3S/c34-29(36-22-26-16-8-3-9-17-26)19-11-10-18-28-30-27(23-37-28)32(20-24-12-4-1-5-13-24)31(35)33(30)21-25-14-6-2-7-15-25/h1-9,12-17,27-28,30H,10-11,18-23H2/t27-,28-,30-/m0/s1. The monoisotopic (exact) mass is 514 g/mol. The van der Waals surface area contributed by atoms with E-state index in [1.54, 1.807) is 0 Å². The average molecular weight is 515 g/mol. The predicted octanol–water partition coefficient (Wildman–Crippen LogP) is 6.28. The molecule has 2 amide bonds. The van der Waals surface area contributed by atoms with Crippen LogP contribution in [0.3, 0.4) is 0 Å². The van der Waals surface area contributed by atoms with Crippen LogP contribution in [0.1, 0.15) is 42.4 Å². The molecule has 0 N–H and O–H groups in total. The molecule has 0 unspecified atom stereocenters. The van der Waals surface area contributed by atoms with E-state index in [4.69, 9.17) is 4.74 Å². The van der Waals surface area contributed by atoms with Gasteiger partial charge in [-0.1, -0.05) is 97.4 Å². The summed E-state index contributed by atoms with van der Waals surface area (Å²) in [5, 5.41) is 0.374. The van der Waals surface area contributed by atoms with Crippen molar-refractivity contribution >= 4 is 23.8 Å². The number of benzene rings is 3. The number of amides is 2. The number of nitrogens with zero attached hydrogens (tertiary/aromatic N) is 2. The molecule has 0 aliphatic carbocycles. The Hall–Kier alpha value is -3.25. The van der Waals surface area contributed by atoms with Crippen LogP contribution in [0.25, 0.3) is 0 Å². The smallest absolute Gasteiger partial charge is 0.321 e. The number of unbranched alkanes of at least 4 members (excludes halogenated alkanes) is 1. The Bertz CT molecular complexity index is 1160. The van der Waals surface area contributed by atoms with E-state index < -0.39 is 0 Å². The highest BCUT2D eigenvalue weighted by atomic mass is 32.2. The van der Waals surface area contributed by atoms with E-state index in [9.17, 15) is 9.59 Å². The molecule has 5 rings (SSSR count). The van der Waals surface area contributed by atoms with Crippen LogP contribution in [-0.4, -0.2) is 44.9 Å². The molecule has 2 fully saturated rings. The normalized spacial score (nSPS) is 20.8. The van der Waals surface area contributed by atoms with Gasteiger partial charge in [-0.3, -0.25) is 4.79 Å². The number of hydrogen-bond donors (Lipinski definition) is 0. The maximum Gasteiger partial charge on any atom is 0.321 e. The SMILES string of the molecule is O=C(CCCC[C@@H]1SC[C@H]2[C@@H]1N(Cc1ccccc1)C(=O)N2Cc1ccccc1)OCc1ccccc1. The molecule has 0 saturated carbocycles. The fraction of sp³-hybridized carbons (Fsp3) is 0.355. The lowest BCUT2D eigenvalue weighted by Gasteiger charge is -2.27. The molecule has 0 spiro atoms. The zero-order valence-corrected chi connectivity index (χ0v) is 21.9. The maximum absolute atomic E-state index is 13.7. The van der Waals surface area contributed by atoms with E-state index in [0.717, 1.165) is 36.1 Å². The van der Waals surface area contributed by atoms with Crippen LogP contribution in [-0.2, 0) is 29.2 Å². The van der Waals surface area contributed by atoms with Crippen LogP contribution in [0, 0.1) is 0 Å². The molecule has 37 heavy (non-hydrogen) atoms. The summed E-state index contributed by atoms with van der Waals surface area (Å²) < 4.78 is 5.43. The fourth-order valence-electron chi connectivity index (χ4n) is 5.38. The van der Waals surface area contributed by atoms with Gasteiger partial charge in [-0.2, -0.15) is 11.8 Å². The quantitative estimate of drug-likeness (QED) is 0.172. The van der Waals surface area contributed by atoms with Crippen molar-refractivity contribution in [3.8, 4) is 0 Å². The highest BCUT2D eigenvalue weighted by Gasteiger charge is 2.52. The number of carbonyl (C=O) groups is 2. The lowest BCUT2D eigenvalue weighted by molar-refractivity contribution is -0.145. The number of hydrogen-bond acceptors (Lipinski definition) is 4. The van der Waals surface area contributed by atoms with E-state index in [0.29, 0.717) is 31.4 Å². The van der Waals surface area contributed by atoms with Gasteiger partial charge in [-0.25, -0.2) is 4.79 Å². The zero-order valence-electron chi connectivity index (χ0n) is 21.1. The van der Waals surface area contributed by atoms with Gasteiger partial charge in [-0.15, -0.1) is 0 Å². The van der Waals surface area contributed by atoms with Crippen LogP contribution >= 0.6 is 11.8 Å². The third kappa shape index (κ3) is 6.37. The minimum Gasteiger partial charge on any atom is -0.461 e. The van der Waals surface area contributed by atoms with Crippen molar-refractivity contribution in [1.82, 2.24) is 9.80 Å². The predicted molar refractivity (Wildman–Crippen MR) is 148 cm³/mol. The molecule has 0 radical (unpaired) electrons. The molecule has 2 heterocycles. The Morgan fingerprint density at radius 2 is 1.35 bits per heavy atom. The lowest BCUT2D eigenvalue weighted by atomic mass is 10.0. The molecular weight excluding hydrogens is 480 g/mol. The number of rotatable bonds is 11. The first kappa shape index (κ1) is 25.4. The second-order valence-corrected chi connectivity index (χ2v) is 11.1. The van der Waals surface area contributed by atoms with E-state index in [1.807, 2.05) is 78.5 Å². The van der Waals surface area contributed by atoms with Gasteiger partial charge in [0.2, 0.25) is 0 Å². The van der Waals surface area contributed by atoms with Gasteiger partial charge >= 0.3 is 12.0 Å². The van der Waals surface area contributed by atoms with Gasteiger partial charge in [0, 0.05) is 30.5 Å². The second-order valence-electron chi connectivity index (χ2n) is 9.83. The number of thioether (sulfide) groups is 1. The highest BCUT2D eigenvalue weighted by Crippen LogP contribution is 2.42. The summed E-state index contributed by atoms with van der Waals surface area (Å²) in [5.41, 5.74) is 3.33. The number of fused-ring (bicyclic) bond motifs is 1. The molecule has 3 aromatic rings. The lowest BCUT2D eigenvalue weighted by Crippen LogP contribution is -2.40. The Labute approximate surface area is 223 Å². The first-order valence-corrected chi connectivity index (χ1v) is 14.2. The highest BCUT2D eigenvalue weighted by molar-refractivity contribution is 8.00. The first-order valence-electron chi connectivity index (χ1n) is 13.2. The van der Waals surface area contributed by atoms with Gasteiger partial charge in [0.15, 0.2) is 0 Å². The third-order valence-corrected chi connectivity index (χ3v) is 8.74. The average Bonchev–Trinajstić information content (AvgIpc) is 3.46. The number of ether oxygens (including phenoxy) is 1. The number of urea groups is 1. The van der Waals surface area contributed by atoms with Crippen LogP contribution in [0.2, 0.25) is 0 Å². The molecule has 192 valence electrons. The Kier molecular flexibility index (Phi) is 8.46. The van der Waals surface area contributed by atoms with Crippen molar-refractivity contribution in [2.75, 3.05) is 5.75 Å². The van der Waals surface area contributed by atoms with Crippen LogP contribution in [0.5, 0.6) is 0 Å². The molecule has 2 saturated heterocycles. The molecule has 2 aliphatic heterocycles. The largest absolute Gasteiger partial charge is 0.461 e. The van der Waals surface area contributed by atoms with Crippen LogP contribution < -0.4 is 0 Å². The summed E-state index contributed by atoms with van der Waals surface area (Å²) in [6, 6.07) is 30.9. The zero-order chi connectivity index (χ0) is 25.5. The number of carbonyl (C=O) groups excluding carboxylic acids is 2. The van der Waals surface area contributed by atoms with Gasteiger partial charge in [0.25, 0.3) is 0 Å².